The second-order valence-corrected chi connectivity index (χ2v) is 7.48. The molecule has 1 unspecified atom stereocenters. The van der Waals surface area contributed by atoms with Crippen LogP contribution in [0.2, 0.25) is 0 Å². The van der Waals surface area contributed by atoms with Crippen molar-refractivity contribution in [2.75, 3.05) is 0 Å². The summed E-state index contributed by atoms with van der Waals surface area (Å²) in [6.45, 7) is 5.11. The lowest BCUT2D eigenvalue weighted by Crippen LogP contribution is -2.10. The lowest BCUT2D eigenvalue weighted by Gasteiger charge is -2.23. The predicted molar refractivity (Wildman–Crippen MR) is 89.8 cm³/mol. The number of fused-ring (bicyclic) bond motifs is 1. The minimum absolute atomic E-state index is 0.478. The highest BCUT2D eigenvalue weighted by atomic mass is 32.1. The Morgan fingerprint density at radius 2 is 2.14 bits per heavy atom. The van der Waals surface area contributed by atoms with E-state index in [2.05, 4.69) is 38.1 Å². The van der Waals surface area contributed by atoms with Gasteiger partial charge in [0.05, 0.1) is 5.69 Å². The third kappa shape index (κ3) is 3.04. The van der Waals surface area contributed by atoms with Crippen LogP contribution in [0.15, 0.2) is 24.3 Å². The average Bonchev–Trinajstić information content (AvgIpc) is 2.88. The van der Waals surface area contributed by atoms with Crippen molar-refractivity contribution in [3.63, 3.8) is 0 Å². The van der Waals surface area contributed by atoms with Crippen LogP contribution < -0.4 is 5.73 Å². The topological polar surface area (TPSA) is 38.9 Å². The molecule has 0 spiro atoms. The van der Waals surface area contributed by atoms with Crippen molar-refractivity contribution in [2.24, 2.45) is 11.7 Å². The number of hydrogen-bond acceptors (Lipinski definition) is 3. The highest BCUT2D eigenvalue weighted by Crippen LogP contribution is 2.39. The lowest BCUT2D eigenvalue weighted by molar-refractivity contribution is 0.603. The molecule has 1 atom stereocenters. The van der Waals surface area contributed by atoms with Crippen molar-refractivity contribution in [3.8, 4) is 0 Å². The van der Waals surface area contributed by atoms with Gasteiger partial charge in [-0.05, 0) is 42.7 Å². The number of thiazole rings is 1. The van der Waals surface area contributed by atoms with Gasteiger partial charge in [0.1, 0.15) is 5.01 Å². The molecule has 1 heterocycles. The first-order valence-electron chi connectivity index (χ1n) is 7.95. The molecule has 1 aliphatic rings. The Kier molecular flexibility index (Phi) is 4.41. The van der Waals surface area contributed by atoms with E-state index in [1.807, 2.05) is 11.3 Å². The quantitative estimate of drug-likeness (QED) is 0.916. The Bertz CT molecular complexity index is 615. The van der Waals surface area contributed by atoms with Crippen molar-refractivity contribution >= 4 is 11.3 Å². The number of aryl methyl sites for hydroxylation is 1. The Hall–Kier alpha value is -1.19. The molecular weight excluding hydrogens is 276 g/mol. The normalized spacial score (nSPS) is 18.0. The summed E-state index contributed by atoms with van der Waals surface area (Å²) in [5.41, 5.74) is 10.2. The summed E-state index contributed by atoms with van der Waals surface area (Å²) in [4.78, 5) is 6.26. The molecule has 0 radical (unpaired) electrons. The van der Waals surface area contributed by atoms with Crippen molar-refractivity contribution < 1.29 is 0 Å². The number of rotatable bonds is 4. The second kappa shape index (κ2) is 6.29. The summed E-state index contributed by atoms with van der Waals surface area (Å²) >= 11 is 1.84. The number of nitrogens with zero attached hydrogens (tertiary/aromatic N) is 1. The maximum absolute atomic E-state index is 5.93. The zero-order valence-electron chi connectivity index (χ0n) is 12.9. The van der Waals surface area contributed by atoms with Crippen molar-refractivity contribution in [1.82, 2.24) is 4.98 Å². The highest BCUT2D eigenvalue weighted by Gasteiger charge is 2.25. The zero-order valence-corrected chi connectivity index (χ0v) is 13.7. The van der Waals surface area contributed by atoms with Crippen LogP contribution in [0.25, 0.3) is 0 Å². The molecule has 1 aliphatic carbocycles. The van der Waals surface area contributed by atoms with Gasteiger partial charge < -0.3 is 5.73 Å². The molecular formula is C18H24N2S. The largest absolute Gasteiger partial charge is 0.326 e. The van der Waals surface area contributed by atoms with Crippen LogP contribution in [0.3, 0.4) is 0 Å². The summed E-state index contributed by atoms with van der Waals surface area (Å²) in [5, 5.41) is 1.28. The van der Waals surface area contributed by atoms with E-state index in [0.29, 0.717) is 18.4 Å². The standard InChI is InChI=1S/C18H24N2S/c1-12(2)10-16-17(11-19)21-18(20-16)15-9-5-7-13-6-3-4-8-14(13)15/h3-4,6,8,12,15H,5,7,9-11,19H2,1-2H3. The highest BCUT2D eigenvalue weighted by molar-refractivity contribution is 7.11. The molecule has 21 heavy (non-hydrogen) atoms. The monoisotopic (exact) mass is 300 g/mol. The first-order valence-corrected chi connectivity index (χ1v) is 8.77. The number of aromatic nitrogens is 1. The van der Waals surface area contributed by atoms with Gasteiger partial charge in [0, 0.05) is 17.3 Å². The summed E-state index contributed by atoms with van der Waals surface area (Å²) in [7, 11) is 0. The van der Waals surface area contributed by atoms with Gasteiger partial charge in [-0.25, -0.2) is 4.98 Å². The molecule has 3 rings (SSSR count). The maximum Gasteiger partial charge on any atom is 0.101 e. The Labute approximate surface area is 131 Å². The molecule has 0 fully saturated rings. The van der Waals surface area contributed by atoms with Gasteiger partial charge in [-0.15, -0.1) is 11.3 Å². The number of nitrogens with two attached hydrogens (primary N) is 1. The molecule has 1 aromatic carbocycles. The van der Waals surface area contributed by atoms with Crippen LogP contribution in [-0.4, -0.2) is 4.98 Å². The third-order valence-electron chi connectivity index (χ3n) is 4.25. The fourth-order valence-electron chi connectivity index (χ4n) is 3.27. The molecule has 2 nitrogen and oxygen atoms in total. The maximum atomic E-state index is 5.93. The van der Waals surface area contributed by atoms with E-state index >= 15 is 0 Å². The molecule has 3 heteroatoms. The zero-order chi connectivity index (χ0) is 14.8. The van der Waals surface area contributed by atoms with E-state index in [9.17, 15) is 0 Å². The molecule has 0 saturated carbocycles. The van der Waals surface area contributed by atoms with Gasteiger partial charge in [0.15, 0.2) is 0 Å². The SMILES string of the molecule is CC(C)Cc1nc(C2CCCc3ccccc32)sc1CN. The summed E-state index contributed by atoms with van der Waals surface area (Å²) in [6.07, 6.45) is 4.73. The molecule has 0 saturated heterocycles. The van der Waals surface area contributed by atoms with Crippen LogP contribution in [0, 0.1) is 5.92 Å². The Balaban J connectivity index is 1.96. The van der Waals surface area contributed by atoms with E-state index in [-0.39, 0.29) is 0 Å². The smallest absolute Gasteiger partial charge is 0.101 e. The van der Waals surface area contributed by atoms with Crippen molar-refractivity contribution in [2.45, 2.75) is 52.0 Å². The van der Waals surface area contributed by atoms with Crippen LogP contribution >= 0.6 is 11.3 Å². The molecule has 1 aromatic heterocycles. The van der Waals surface area contributed by atoms with Gasteiger partial charge in [0.2, 0.25) is 0 Å². The Morgan fingerprint density at radius 1 is 1.33 bits per heavy atom. The van der Waals surface area contributed by atoms with Crippen LogP contribution in [0.1, 0.15) is 59.3 Å². The Morgan fingerprint density at radius 3 is 2.90 bits per heavy atom. The van der Waals surface area contributed by atoms with Crippen LogP contribution in [0.5, 0.6) is 0 Å². The molecule has 0 aliphatic heterocycles. The third-order valence-corrected chi connectivity index (χ3v) is 5.48. The fourth-order valence-corrected chi connectivity index (χ4v) is 4.39. The molecule has 0 bridgehead atoms. The van der Waals surface area contributed by atoms with E-state index in [4.69, 9.17) is 10.7 Å². The van der Waals surface area contributed by atoms with Gasteiger partial charge in [-0.2, -0.15) is 0 Å². The van der Waals surface area contributed by atoms with E-state index in [0.717, 1.165) is 6.42 Å². The van der Waals surface area contributed by atoms with Gasteiger partial charge >= 0.3 is 0 Å². The average molecular weight is 300 g/mol. The summed E-state index contributed by atoms with van der Waals surface area (Å²) < 4.78 is 0. The van der Waals surface area contributed by atoms with E-state index < -0.39 is 0 Å². The fraction of sp³-hybridized carbons (Fsp3) is 0.500. The first kappa shape index (κ1) is 14.7. The molecule has 2 aromatic rings. The first-order chi connectivity index (χ1) is 10.2. The lowest BCUT2D eigenvalue weighted by atomic mass is 9.83. The number of benzene rings is 1. The molecule has 112 valence electrons. The minimum atomic E-state index is 0.478. The van der Waals surface area contributed by atoms with Crippen molar-refractivity contribution in [3.05, 3.63) is 51.0 Å². The van der Waals surface area contributed by atoms with Gasteiger partial charge in [-0.1, -0.05) is 38.1 Å². The predicted octanol–water partition coefficient (Wildman–Crippen LogP) is 4.27. The van der Waals surface area contributed by atoms with Crippen molar-refractivity contribution in [1.29, 1.82) is 0 Å². The van der Waals surface area contributed by atoms with Crippen LogP contribution in [-0.2, 0) is 19.4 Å². The summed E-state index contributed by atoms with van der Waals surface area (Å²) in [6, 6.07) is 8.86. The molecule has 0 amide bonds. The van der Waals surface area contributed by atoms with E-state index in [1.54, 1.807) is 0 Å². The second-order valence-electron chi connectivity index (χ2n) is 6.37. The minimum Gasteiger partial charge on any atom is -0.326 e. The van der Waals surface area contributed by atoms with Gasteiger partial charge in [-0.3, -0.25) is 0 Å². The molecule has 2 N–H and O–H groups in total. The van der Waals surface area contributed by atoms with Crippen LogP contribution in [0.4, 0.5) is 0 Å². The number of hydrogen-bond donors (Lipinski definition) is 1. The van der Waals surface area contributed by atoms with Gasteiger partial charge in [0.25, 0.3) is 0 Å². The summed E-state index contributed by atoms with van der Waals surface area (Å²) in [5.74, 6) is 1.11. The van der Waals surface area contributed by atoms with E-state index in [1.165, 1.54) is 46.0 Å².